The van der Waals surface area contributed by atoms with Crippen molar-refractivity contribution in [2.75, 3.05) is 0 Å². The number of carbonyl (C=O) groups excluding carboxylic acids is 1. The minimum atomic E-state index is -1.25. The SMILES string of the molecule is C[C@H](NC(=O)[C@@H]1C[C@@H](C(=O)O)[C@@H]1C(=O)O)[C@H](Cc1ccc(Cl)cc1)c1ccc(-c2ccccc2)cc1. The zero-order valence-electron chi connectivity index (χ0n) is 19.8. The van der Waals surface area contributed by atoms with Crippen molar-refractivity contribution >= 4 is 29.4 Å². The third kappa shape index (κ3) is 5.60. The predicted octanol–water partition coefficient (Wildman–Crippen LogP) is 5.26. The van der Waals surface area contributed by atoms with Crippen LogP contribution in [-0.2, 0) is 20.8 Å². The van der Waals surface area contributed by atoms with Crippen LogP contribution in [0.4, 0.5) is 0 Å². The predicted molar refractivity (Wildman–Crippen MR) is 138 cm³/mol. The number of aliphatic carboxylic acids is 2. The summed E-state index contributed by atoms with van der Waals surface area (Å²) < 4.78 is 0. The molecule has 0 aliphatic heterocycles. The zero-order chi connectivity index (χ0) is 25.8. The summed E-state index contributed by atoms with van der Waals surface area (Å²) >= 11 is 6.06. The van der Waals surface area contributed by atoms with Gasteiger partial charge in [0, 0.05) is 17.0 Å². The van der Waals surface area contributed by atoms with Gasteiger partial charge in [0.05, 0.1) is 17.8 Å². The minimum absolute atomic E-state index is 0.0263. The van der Waals surface area contributed by atoms with Crippen molar-refractivity contribution in [1.29, 1.82) is 0 Å². The van der Waals surface area contributed by atoms with Crippen LogP contribution in [0.25, 0.3) is 11.1 Å². The Balaban J connectivity index is 1.55. The van der Waals surface area contributed by atoms with E-state index in [2.05, 4.69) is 29.6 Å². The van der Waals surface area contributed by atoms with Gasteiger partial charge in [-0.3, -0.25) is 14.4 Å². The number of amides is 1. The maximum Gasteiger partial charge on any atom is 0.308 e. The van der Waals surface area contributed by atoms with Gasteiger partial charge >= 0.3 is 11.9 Å². The lowest BCUT2D eigenvalue weighted by Gasteiger charge is -2.39. The maximum atomic E-state index is 13.0. The highest BCUT2D eigenvalue weighted by Gasteiger charge is 2.53. The van der Waals surface area contributed by atoms with Crippen LogP contribution in [0.3, 0.4) is 0 Å². The van der Waals surface area contributed by atoms with Crippen LogP contribution >= 0.6 is 11.6 Å². The molecule has 1 fully saturated rings. The van der Waals surface area contributed by atoms with Crippen LogP contribution in [-0.4, -0.2) is 34.1 Å². The van der Waals surface area contributed by atoms with Crippen molar-refractivity contribution in [2.45, 2.75) is 31.7 Å². The van der Waals surface area contributed by atoms with Crippen LogP contribution in [0, 0.1) is 17.8 Å². The summed E-state index contributed by atoms with van der Waals surface area (Å²) in [7, 11) is 0. The van der Waals surface area contributed by atoms with Gasteiger partial charge in [-0.05, 0) is 54.2 Å². The molecule has 5 atom stereocenters. The molecule has 1 amide bonds. The van der Waals surface area contributed by atoms with Crippen LogP contribution in [0.5, 0.6) is 0 Å². The Bertz CT molecular complexity index is 1230. The van der Waals surface area contributed by atoms with Crippen molar-refractivity contribution < 1.29 is 24.6 Å². The number of carboxylic acid groups (broad SMARTS) is 2. The van der Waals surface area contributed by atoms with Gasteiger partial charge in [-0.25, -0.2) is 0 Å². The van der Waals surface area contributed by atoms with E-state index in [9.17, 15) is 24.6 Å². The van der Waals surface area contributed by atoms with E-state index in [1.165, 1.54) is 0 Å². The normalized spacial score (nSPS) is 20.6. The molecule has 36 heavy (non-hydrogen) atoms. The molecule has 0 radical (unpaired) electrons. The summed E-state index contributed by atoms with van der Waals surface area (Å²) in [5.41, 5.74) is 4.27. The Morgan fingerprint density at radius 1 is 0.861 bits per heavy atom. The van der Waals surface area contributed by atoms with Crippen molar-refractivity contribution in [2.24, 2.45) is 17.8 Å². The number of halogens is 1. The largest absolute Gasteiger partial charge is 0.481 e. The van der Waals surface area contributed by atoms with E-state index in [0.717, 1.165) is 22.3 Å². The Kier molecular flexibility index (Phi) is 7.75. The highest BCUT2D eigenvalue weighted by molar-refractivity contribution is 6.30. The Hall–Kier alpha value is -3.64. The van der Waals surface area contributed by atoms with E-state index in [-0.39, 0.29) is 18.4 Å². The standard InChI is InChI=1S/C29H28ClNO5/c1-17(31-27(32)24-16-25(28(33)34)26(24)29(35)36)23(15-18-7-13-22(30)14-8-18)21-11-9-20(10-12-21)19-5-3-2-4-6-19/h2-14,17,23-26H,15-16H2,1H3,(H,31,32)(H,33,34)(H,35,36)/t17-,23-,24+,25+,26+/m0/s1. The van der Waals surface area contributed by atoms with Crippen molar-refractivity contribution in [3.05, 3.63) is 95.0 Å². The highest BCUT2D eigenvalue weighted by Crippen LogP contribution is 2.41. The van der Waals surface area contributed by atoms with Gasteiger partial charge in [-0.1, -0.05) is 78.3 Å². The first-order chi connectivity index (χ1) is 17.2. The number of carbonyl (C=O) groups is 3. The lowest BCUT2D eigenvalue weighted by atomic mass is 9.64. The molecule has 3 N–H and O–H groups in total. The lowest BCUT2D eigenvalue weighted by Crippen LogP contribution is -2.54. The molecule has 3 aromatic carbocycles. The van der Waals surface area contributed by atoms with E-state index in [0.29, 0.717) is 11.4 Å². The first-order valence-corrected chi connectivity index (χ1v) is 12.3. The Morgan fingerprint density at radius 3 is 2.06 bits per heavy atom. The zero-order valence-corrected chi connectivity index (χ0v) is 20.6. The third-order valence-corrected chi connectivity index (χ3v) is 7.35. The summed E-state index contributed by atoms with van der Waals surface area (Å²) in [4.78, 5) is 36.0. The van der Waals surface area contributed by atoms with Gasteiger partial charge < -0.3 is 15.5 Å². The fourth-order valence-corrected chi connectivity index (χ4v) is 5.09. The third-order valence-electron chi connectivity index (χ3n) is 7.10. The molecule has 0 aromatic heterocycles. The molecule has 7 heteroatoms. The topological polar surface area (TPSA) is 104 Å². The fourth-order valence-electron chi connectivity index (χ4n) is 4.96. The quantitative estimate of drug-likeness (QED) is 0.368. The van der Waals surface area contributed by atoms with Crippen LogP contribution in [0.15, 0.2) is 78.9 Å². The summed E-state index contributed by atoms with van der Waals surface area (Å²) in [6.45, 7) is 1.90. The average Bonchev–Trinajstić information content (AvgIpc) is 2.83. The number of hydrogen-bond acceptors (Lipinski definition) is 3. The number of benzene rings is 3. The van der Waals surface area contributed by atoms with Gasteiger partial charge in [0.15, 0.2) is 0 Å². The molecular weight excluding hydrogens is 478 g/mol. The van der Waals surface area contributed by atoms with Gasteiger partial charge in [0.2, 0.25) is 5.91 Å². The number of nitrogens with one attached hydrogen (secondary N) is 1. The van der Waals surface area contributed by atoms with Gasteiger partial charge in [0.25, 0.3) is 0 Å². The van der Waals surface area contributed by atoms with Crippen molar-refractivity contribution in [3.8, 4) is 11.1 Å². The highest BCUT2D eigenvalue weighted by atomic mass is 35.5. The van der Waals surface area contributed by atoms with Gasteiger partial charge in [-0.2, -0.15) is 0 Å². The van der Waals surface area contributed by atoms with E-state index < -0.39 is 35.6 Å². The molecule has 6 nitrogen and oxygen atoms in total. The average molecular weight is 506 g/mol. The Morgan fingerprint density at radius 2 is 1.47 bits per heavy atom. The molecule has 1 saturated carbocycles. The second-order valence-corrected chi connectivity index (χ2v) is 9.81. The molecule has 0 spiro atoms. The second-order valence-electron chi connectivity index (χ2n) is 9.37. The molecule has 0 saturated heterocycles. The summed E-state index contributed by atoms with van der Waals surface area (Å²) in [5.74, 6) is -6.07. The maximum absolute atomic E-state index is 13.0. The molecule has 4 rings (SSSR count). The van der Waals surface area contributed by atoms with Crippen molar-refractivity contribution in [1.82, 2.24) is 5.32 Å². The summed E-state index contributed by atoms with van der Waals surface area (Å²) in [6.07, 6.45) is 0.659. The number of hydrogen-bond donors (Lipinski definition) is 3. The number of rotatable bonds is 9. The summed E-state index contributed by atoms with van der Waals surface area (Å²) in [5, 5.41) is 22.4. The lowest BCUT2D eigenvalue weighted by molar-refractivity contribution is -0.169. The van der Waals surface area contributed by atoms with Gasteiger partial charge in [-0.15, -0.1) is 0 Å². The first-order valence-electron chi connectivity index (χ1n) is 11.9. The number of carboxylic acids is 2. The summed E-state index contributed by atoms with van der Waals surface area (Å²) in [6, 6.07) is 25.5. The van der Waals surface area contributed by atoms with E-state index in [1.54, 1.807) is 0 Å². The van der Waals surface area contributed by atoms with Crippen LogP contribution in [0.2, 0.25) is 5.02 Å². The van der Waals surface area contributed by atoms with Crippen LogP contribution < -0.4 is 5.32 Å². The van der Waals surface area contributed by atoms with Crippen LogP contribution in [0.1, 0.15) is 30.4 Å². The smallest absolute Gasteiger partial charge is 0.308 e. The van der Waals surface area contributed by atoms with E-state index in [4.69, 9.17) is 11.6 Å². The molecule has 0 heterocycles. The monoisotopic (exact) mass is 505 g/mol. The minimum Gasteiger partial charge on any atom is -0.481 e. The molecular formula is C29H28ClNO5. The van der Waals surface area contributed by atoms with E-state index in [1.807, 2.05) is 61.5 Å². The van der Waals surface area contributed by atoms with E-state index >= 15 is 0 Å². The fraction of sp³-hybridized carbons (Fsp3) is 0.276. The molecule has 1 aliphatic carbocycles. The molecule has 0 bridgehead atoms. The molecule has 186 valence electrons. The van der Waals surface area contributed by atoms with Crippen molar-refractivity contribution in [3.63, 3.8) is 0 Å². The Labute approximate surface area is 214 Å². The second kappa shape index (κ2) is 11.0. The molecule has 0 unspecified atom stereocenters. The van der Waals surface area contributed by atoms with Gasteiger partial charge in [0.1, 0.15) is 0 Å². The molecule has 3 aromatic rings. The molecule has 1 aliphatic rings. The first kappa shape index (κ1) is 25.5.